The summed E-state index contributed by atoms with van der Waals surface area (Å²) in [6, 6.07) is 5.21. The van der Waals surface area contributed by atoms with Crippen molar-refractivity contribution in [2.24, 2.45) is 0 Å². The average Bonchev–Trinajstić information content (AvgIpc) is 2.85. The first-order valence-electron chi connectivity index (χ1n) is 6.26. The van der Waals surface area contributed by atoms with Gasteiger partial charge in [-0.2, -0.15) is 0 Å². The van der Waals surface area contributed by atoms with E-state index >= 15 is 0 Å². The van der Waals surface area contributed by atoms with Gasteiger partial charge in [-0.3, -0.25) is 0 Å². The highest BCUT2D eigenvalue weighted by atomic mass is 79.9. The van der Waals surface area contributed by atoms with Gasteiger partial charge in [-0.15, -0.1) is 0 Å². The monoisotopic (exact) mass is 373 g/mol. The second-order valence-electron chi connectivity index (χ2n) is 4.48. The van der Waals surface area contributed by atoms with E-state index in [2.05, 4.69) is 31.0 Å². The van der Waals surface area contributed by atoms with Gasteiger partial charge in [0.05, 0.1) is 17.6 Å². The van der Waals surface area contributed by atoms with Crippen LogP contribution in [-0.2, 0) is 23.1 Å². The minimum atomic E-state index is -3.65. The van der Waals surface area contributed by atoms with Gasteiger partial charge in [0, 0.05) is 11.0 Å². The van der Waals surface area contributed by atoms with Crippen molar-refractivity contribution in [3.05, 3.63) is 46.1 Å². The Morgan fingerprint density at radius 3 is 2.71 bits per heavy atom. The number of hydrogen-bond acceptors (Lipinski definition) is 5. The van der Waals surface area contributed by atoms with Crippen LogP contribution in [0.15, 0.2) is 38.2 Å². The number of aryl methyl sites for hydroxylation is 1. The largest absolute Gasteiger partial charge is 0.445 e. The lowest BCUT2D eigenvalue weighted by molar-refractivity contribution is 0.463. The molecule has 0 unspecified atom stereocenters. The number of benzene rings is 1. The van der Waals surface area contributed by atoms with Crippen LogP contribution in [0.5, 0.6) is 0 Å². The Hall–Kier alpha value is -1.22. The fraction of sp³-hybridized carbons (Fsp3) is 0.308. The summed E-state index contributed by atoms with van der Waals surface area (Å²) in [7, 11) is -1.84. The molecule has 2 aromatic rings. The van der Waals surface area contributed by atoms with E-state index in [-0.39, 0.29) is 11.4 Å². The Labute approximate surface area is 132 Å². The summed E-state index contributed by atoms with van der Waals surface area (Å²) in [6.07, 6.45) is 1.55. The summed E-state index contributed by atoms with van der Waals surface area (Å²) in [5, 5.41) is 2.99. The van der Waals surface area contributed by atoms with Crippen LogP contribution in [0.1, 0.15) is 17.2 Å². The van der Waals surface area contributed by atoms with E-state index in [0.717, 1.165) is 5.56 Å². The van der Waals surface area contributed by atoms with E-state index in [9.17, 15) is 8.42 Å². The van der Waals surface area contributed by atoms with Gasteiger partial charge in [-0.25, -0.2) is 18.1 Å². The molecular weight excluding hydrogens is 358 g/mol. The molecular formula is C13H16BrN3O3S. The summed E-state index contributed by atoms with van der Waals surface area (Å²) in [6.45, 7) is 2.36. The molecule has 0 saturated carbocycles. The summed E-state index contributed by atoms with van der Waals surface area (Å²) < 4.78 is 33.0. The summed E-state index contributed by atoms with van der Waals surface area (Å²) in [4.78, 5) is 4.16. The molecule has 1 heterocycles. The number of hydrogen-bond donors (Lipinski definition) is 2. The lowest BCUT2D eigenvalue weighted by atomic mass is 10.2. The van der Waals surface area contributed by atoms with Gasteiger partial charge in [0.25, 0.3) is 0 Å². The molecule has 0 radical (unpaired) electrons. The van der Waals surface area contributed by atoms with Gasteiger partial charge in [0.2, 0.25) is 15.9 Å². The molecule has 1 aromatic carbocycles. The summed E-state index contributed by atoms with van der Waals surface area (Å²) in [5.74, 6) is 0.972. The number of rotatable bonds is 6. The maximum atomic E-state index is 12.4. The maximum Gasteiger partial charge on any atom is 0.242 e. The third-order valence-corrected chi connectivity index (χ3v) is 5.14. The molecule has 21 heavy (non-hydrogen) atoms. The smallest absolute Gasteiger partial charge is 0.242 e. The van der Waals surface area contributed by atoms with E-state index in [1.807, 2.05) is 6.07 Å². The molecule has 0 aliphatic heterocycles. The lowest BCUT2D eigenvalue weighted by Crippen LogP contribution is -2.24. The maximum absolute atomic E-state index is 12.4. The highest BCUT2D eigenvalue weighted by Gasteiger charge is 2.19. The fourth-order valence-corrected chi connectivity index (χ4v) is 3.77. The first-order valence-corrected chi connectivity index (χ1v) is 8.54. The van der Waals surface area contributed by atoms with Crippen LogP contribution in [0, 0.1) is 6.92 Å². The predicted octanol–water partition coefficient (Wildman–Crippen LogP) is 1.94. The first kappa shape index (κ1) is 16.2. The average molecular weight is 374 g/mol. The van der Waals surface area contributed by atoms with Crippen LogP contribution in [-0.4, -0.2) is 20.4 Å². The number of sulfonamides is 1. The third-order valence-electron chi connectivity index (χ3n) is 2.75. The molecule has 1 aromatic heterocycles. The molecule has 0 atom stereocenters. The Kier molecular flexibility index (Phi) is 5.15. The quantitative estimate of drug-likeness (QED) is 0.808. The topological polar surface area (TPSA) is 84.2 Å². The van der Waals surface area contributed by atoms with E-state index < -0.39 is 10.0 Å². The van der Waals surface area contributed by atoms with Crippen LogP contribution < -0.4 is 10.0 Å². The van der Waals surface area contributed by atoms with Crippen LogP contribution in [0.3, 0.4) is 0 Å². The van der Waals surface area contributed by atoms with Gasteiger partial charge in [-0.05, 0) is 47.6 Å². The SMILES string of the molecule is CNCc1ccc(Br)c(S(=O)(=O)NCc2ncc(C)o2)c1. The minimum Gasteiger partial charge on any atom is -0.445 e. The van der Waals surface area contributed by atoms with E-state index in [1.54, 1.807) is 32.3 Å². The van der Waals surface area contributed by atoms with Crippen molar-refractivity contribution in [3.8, 4) is 0 Å². The Balaban J connectivity index is 2.20. The van der Waals surface area contributed by atoms with Gasteiger partial charge >= 0.3 is 0 Å². The molecule has 0 fully saturated rings. The molecule has 0 aliphatic rings. The Bertz CT molecular complexity index is 728. The number of nitrogens with one attached hydrogen (secondary N) is 2. The zero-order valence-electron chi connectivity index (χ0n) is 11.7. The Morgan fingerprint density at radius 2 is 2.10 bits per heavy atom. The standard InChI is InChI=1S/C13H16BrN3O3S/c1-9-6-16-13(20-9)8-17-21(18,19)12-5-10(7-15-2)3-4-11(12)14/h3-6,15,17H,7-8H2,1-2H3. The molecule has 0 amide bonds. The predicted molar refractivity (Wildman–Crippen MR) is 82.2 cm³/mol. The molecule has 2 N–H and O–H groups in total. The van der Waals surface area contributed by atoms with Crippen molar-refractivity contribution in [3.63, 3.8) is 0 Å². The normalized spacial score (nSPS) is 11.8. The molecule has 8 heteroatoms. The summed E-state index contributed by atoms with van der Waals surface area (Å²) >= 11 is 3.27. The second kappa shape index (κ2) is 6.69. The Morgan fingerprint density at radius 1 is 1.33 bits per heavy atom. The zero-order valence-corrected chi connectivity index (χ0v) is 14.1. The van der Waals surface area contributed by atoms with Gasteiger partial charge < -0.3 is 9.73 Å². The molecule has 0 saturated heterocycles. The van der Waals surface area contributed by atoms with Gasteiger partial charge in [-0.1, -0.05) is 6.07 Å². The van der Waals surface area contributed by atoms with Crippen LogP contribution in [0.25, 0.3) is 0 Å². The van der Waals surface area contributed by atoms with Crippen LogP contribution in [0.4, 0.5) is 0 Å². The number of halogens is 1. The molecule has 0 aliphatic carbocycles. The second-order valence-corrected chi connectivity index (χ2v) is 7.07. The van der Waals surface area contributed by atoms with E-state index in [4.69, 9.17) is 4.42 Å². The van der Waals surface area contributed by atoms with Crippen molar-refractivity contribution < 1.29 is 12.8 Å². The van der Waals surface area contributed by atoms with Crippen LogP contribution in [0.2, 0.25) is 0 Å². The highest BCUT2D eigenvalue weighted by Crippen LogP contribution is 2.23. The fourth-order valence-electron chi connectivity index (χ4n) is 1.79. The zero-order chi connectivity index (χ0) is 15.5. The van der Waals surface area contributed by atoms with E-state index in [1.165, 1.54) is 0 Å². The molecule has 2 rings (SSSR count). The summed E-state index contributed by atoms with van der Waals surface area (Å²) in [5.41, 5.74) is 0.882. The third kappa shape index (κ3) is 4.13. The van der Waals surface area contributed by atoms with E-state index in [0.29, 0.717) is 22.7 Å². The van der Waals surface area contributed by atoms with Crippen molar-refractivity contribution in [1.82, 2.24) is 15.0 Å². The molecule has 6 nitrogen and oxygen atoms in total. The first-order chi connectivity index (χ1) is 9.92. The van der Waals surface area contributed by atoms with Crippen molar-refractivity contribution in [2.45, 2.75) is 24.9 Å². The highest BCUT2D eigenvalue weighted by molar-refractivity contribution is 9.10. The van der Waals surface area contributed by atoms with Gasteiger partial charge in [0.15, 0.2) is 0 Å². The van der Waals surface area contributed by atoms with Gasteiger partial charge in [0.1, 0.15) is 5.76 Å². The number of oxazole rings is 1. The van der Waals surface area contributed by atoms with Crippen molar-refractivity contribution in [1.29, 1.82) is 0 Å². The van der Waals surface area contributed by atoms with Crippen molar-refractivity contribution in [2.75, 3.05) is 7.05 Å². The number of aromatic nitrogens is 1. The molecule has 0 spiro atoms. The van der Waals surface area contributed by atoms with Crippen LogP contribution >= 0.6 is 15.9 Å². The molecule has 0 bridgehead atoms. The van der Waals surface area contributed by atoms with Crippen molar-refractivity contribution >= 4 is 26.0 Å². The lowest BCUT2D eigenvalue weighted by Gasteiger charge is -2.09. The number of nitrogens with zero attached hydrogens (tertiary/aromatic N) is 1. The minimum absolute atomic E-state index is 0.0128. The molecule has 114 valence electrons.